The fourth-order valence-electron chi connectivity index (χ4n) is 10.9. The van der Waals surface area contributed by atoms with Crippen LogP contribution in [0, 0.1) is 0 Å². The maximum absolute atomic E-state index is 6.46. The van der Waals surface area contributed by atoms with Crippen molar-refractivity contribution in [3.05, 3.63) is 259 Å². The Morgan fingerprint density at radius 3 is 1.62 bits per heavy atom. The van der Waals surface area contributed by atoms with Crippen molar-refractivity contribution in [3.8, 4) is 22.3 Å². The van der Waals surface area contributed by atoms with Gasteiger partial charge < -0.3 is 9.32 Å². The lowest BCUT2D eigenvalue weighted by Gasteiger charge is -2.34. The van der Waals surface area contributed by atoms with Gasteiger partial charge in [0.05, 0.1) is 11.1 Å². The summed E-state index contributed by atoms with van der Waals surface area (Å²) in [5.74, 6) is 0. The first kappa shape index (κ1) is 35.5. The first-order valence-corrected chi connectivity index (χ1v) is 21.8. The number of benzene rings is 11. The number of hydrogen-bond donors (Lipinski definition) is 0. The van der Waals surface area contributed by atoms with Crippen LogP contribution < -0.4 is 4.90 Å². The summed E-state index contributed by atoms with van der Waals surface area (Å²) in [4.78, 5) is 2.53. The molecule has 0 fully saturated rings. The molecular weight excluding hydrogens is 763 g/mol. The van der Waals surface area contributed by atoms with Crippen LogP contribution >= 0.6 is 0 Å². The summed E-state index contributed by atoms with van der Waals surface area (Å²) in [6, 6.07) is 86.8. The minimum atomic E-state index is -0.504. The Balaban J connectivity index is 1.18. The monoisotopic (exact) mass is 801 g/mol. The molecule has 2 nitrogen and oxygen atoms in total. The number of hydrogen-bond acceptors (Lipinski definition) is 2. The Morgan fingerprint density at radius 2 is 0.841 bits per heavy atom. The highest BCUT2D eigenvalue weighted by Gasteiger charge is 2.46. The topological polar surface area (TPSA) is 16.4 Å². The molecule has 12 aromatic rings. The Kier molecular flexibility index (Phi) is 7.85. The average Bonchev–Trinajstić information content (AvgIpc) is 3.88. The summed E-state index contributed by atoms with van der Waals surface area (Å²) in [5, 5.41) is 9.45. The third-order valence-corrected chi connectivity index (χ3v) is 13.5. The predicted molar refractivity (Wildman–Crippen MR) is 264 cm³/mol. The van der Waals surface area contributed by atoms with Crippen molar-refractivity contribution in [1.82, 2.24) is 0 Å². The highest BCUT2D eigenvalue weighted by molar-refractivity contribution is 6.24. The van der Waals surface area contributed by atoms with Crippen LogP contribution in [0.2, 0.25) is 0 Å². The Bertz CT molecular complexity index is 3710. The second-order valence-electron chi connectivity index (χ2n) is 16.7. The summed E-state index contributed by atoms with van der Waals surface area (Å²) in [7, 11) is 0. The molecule has 1 aromatic heterocycles. The molecule has 11 aromatic carbocycles. The van der Waals surface area contributed by atoms with E-state index in [0.29, 0.717) is 0 Å². The minimum absolute atomic E-state index is 0.504. The molecule has 0 radical (unpaired) electrons. The van der Waals surface area contributed by atoms with Gasteiger partial charge in [-0.15, -0.1) is 0 Å². The van der Waals surface area contributed by atoms with Crippen LogP contribution in [0.1, 0.15) is 22.3 Å². The number of para-hydroxylation sites is 1. The van der Waals surface area contributed by atoms with Gasteiger partial charge in [0.25, 0.3) is 0 Å². The van der Waals surface area contributed by atoms with E-state index in [1.54, 1.807) is 0 Å². The fourth-order valence-corrected chi connectivity index (χ4v) is 10.9. The molecule has 0 spiro atoms. The lowest BCUT2D eigenvalue weighted by molar-refractivity contribution is 0.669. The smallest absolute Gasteiger partial charge is 0.135 e. The summed E-state index contributed by atoms with van der Waals surface area (Å²) < 4.78 is 6.46. The van der Waals surface area contributed by atoms with Crippen molar-refractivity contribution in [2.24, 2.45) is 0 Å². The van der Waals surface area contributed by atoms with Crippen molar-refractivity contribution < 1.29 is 4.42 Å². The highest BCUT2D eigenvalue weighted by atomic mass is 16.3. The first-order chi connectivity index (χ1) is 31.3. The second kappa shape index (κ2) is 13.9. The van der Waals surface area contributed by atoms with Crippen LogP contribution in [0.3, 0.4) is 0 Å². The number of nitrogens with zero attached hydrogens (tertiary/aromatic N) is 1. The molecule has 1 aliphatic carbocycles. The molecular formula is C61H39NO. The van der Waals surface area contributed by atoms with E-state index < -0.39 is 5.41 Å². The molecule has 0 N–H and O–H groups in total. The van der Waals surface area contributed by atoms with Crippen LogP contribution in [-0.4, -0.2) is 0 Å². The van der Waals surface area contributed by atoms with Gasteiger partial charge in [0.15, 0.2) is 0 Å². The van der Waals surface area contributed by atoms with Crippen LogP contribution in [0.4, 0.5) is 17.1 Å². The Hall–Kier alpha value is -8.20. The zero-order valence-corrected chi connectivity index (χ0v) is 34.4. The van der Waals surface area contributed by atoms with Gasteiger partial charge in [0.1, 0.15) is 11.2 Å². The van der Waals surface area contributed by atoms with E-state index >= 15 is 0 Å². The summed E-state index contributed by atoms with van der Waals surface area (Å²) in [6.45, 7) is 0. The fraction of sp³-hybridized carbons (Fsp3) is 0.0164. The van der Waals surface area contributed by atoms with E-state index in [-0.39, 0.29) is 0 Å². The van der Waals surface area contributed by atoms with Gasteiger partial charge in [0.2, 0.25) is 0 Å². The highest BCUT2D eigenvalue weighted by Crippen LogP contribution is 2.58. The average molecular weight is 802 g/mol. The van der Waals surface area contributed by atoms with Gasteiger partial charge in [-0.2, -0.15) is 0 Å². The zero-order valence-electron chi connectivity index (χ0n) is 34.4. The van der Waals surface area contributed by atoms with Crippen molar-refractivity contribution in [1.29, 1.82) is 0 Å². The molecule has 0 saturated heterocycles. The van der Waals surface area contributed by atoms with Gasteiger partial charge in [-0.25, -0.2) is 0 Å². The minimum Gasteiger partial charge on any atom is -0.456 e. The molecule has 1 aliphatic rings. The standard InChI is InChI=1S/C61H39NO/c1-3-20-41(21-4-1)61(42-22-5-2-6-23-42)55-32-15-13-27-48(55)53-38-43(34-36-56(53)61)62(44-35-37-58-54(39-44)49-28-14-16-33-57(49)63-58)60-52-30-12-10-26-47(52)46-25-9-11-29-51(46)59(60)50-31-17-19-40-18-7-8-24-45(40)50/h1-39H. The Morgan fingerprint density at radius 1 is 0.317 bits per heavy atom. The van der Waals surface area contributed by atoms with Crippen molar-refractivity contribution in [2.75, 3.05) is 4.90 Å². The molecule has 0 unspecified atom stereocenters. The van der Waals surface area contributed by atoms with Gasteiger partial charge in [-0.3, -0.25) is 0 Å². The molecule has 0 amide bonds. The van der Waals surface area contributed by atoms with E-state index in [1.165, 1.54) is 76.8 Å². The van der Waals surface area contributed by atoms with E-state index in [1.807, 2.05) is 6.07 Å². The first-order valence-electron chi connectivity index (χ1n) is 21.8. The maximum Gasteiger partial charge on any atom is 0.135 e. The normalized spacial score (nSPS) is 12.9. The maximum atomic E-state index is 6.46. The van der Waals surface area contributed by atoms with Gasteiger partial charge in [-0.05, 0) is 102 Å². The molecule has 0 atom stereocenters. The zero-order chi connectivity index (χ0) is 41.5. The van der Waals surface area contributed by atoms with Crippen LogP contribution in [-0.2, 0) is 5.41 Å². The third-order valence-electron chi connectivity index (χ3n) is 13.5. The molecule has 0 saturated carbocycles. The van der Waals surface area contributed by atoms with Crippen molar-refractivity contribution in [3.63, 3.8) is 0 Å². The summed E-state index contributed by atoms with van der Waals surface area (Å²) in [6.07, 6.45) is 0. The summed E-state index contributed by atoms with van der Waals surface area (Å²) >= 11 is 0. The van der Waals surface area contributed by atoms with E-state index in [0.717, 1.165) is 39.0 Å². The molecule has 13 rings (SSSR count). The molecule has 0 aliphatic heterocycles. The summed E-state index contributed by atoms with van der Waals surface area (Å²) in [5.41, 5.74) is 14.5. The number of anilines is 3. The molecule has 294 valence electrons. The predicted octanol–water partition coefficient (Wildman–Crippen LogP) is 16.5. The van der Waals surface area contributed by atoms with E-state index in [4.69, 9.17) is 4.42 Å². The molecule has 0 bridgehead atoms. The van der Waals surface area contributed by atoms with Crippen molar-refractivity contribution in [2.45, 2.75) is 5.41 Å². The van der Waals surface area contributed by atoms with Crippen molar-refractivity contribution >= 4 is 71.3 Å². The molecule has 2 heteroatoms. The quantitative estimate of drug-likeness (QED) is 0.156. The largest absolute Gasteiger partial charge is 0.456 e. The van der Waals surface area contributed by atoms with E-state index in [9.17, 15) is 0 Å². The van der Waals surface area contributed by atoms with Crippen LogP contribution in [0.25, 0.3) is 76.5 Å². The number of furan rings is 1. The molecule has 63 heavy (non-hydrogen) atoms. The SMILES string of the molecule is c1ccc(C2(c3ccccc3)c3ccccc3-c3cc(N(c4ccc5oc6ccccc6c5c4)c4c(-c5cccc6ccccc56)c5ccccc5c5ccccc45)ccc32)cc1. The Labute approximate surface area is 365 Å². The molecule has 1 heterocycles. The lowest BCUT2D eigenvalue weighted by atomic mass is 9.68. The number of rotatable bonds is 6. The number of fused-ring (bicyclic) bond motifs is 10. The second-order valence-corrected chi connectivity index (χ2v) is 16.7. The van der Waals surface area contributed by atoms with Gasteiger partial charge in [-0.1, -0.05) is 200 Å². The van der Waals surface area contributed by atoms with Crippen LogP contribution in [0.15, 0.2) is 241 Å². The van der Waals surface area contributed by atoms with E-state index in [2.05, 4.69) is 235 Å². The van der Waals surface area contributed by atoms with Gasteiger partial charge >= 0.3 is 0 Å². The van der Waals surface area contributed by atoms with Crippen LogP contribution in [0.5, 0.6) is 0 Å². The third kappa shape index (κ3) is 5.19. The lowest BCUT2D eigenvalue weighted by Crippen LogP contribution is -2.28. The van der Waals surface area contributed by atoms with Gasteiger partial charge in [0, 0.05) is 33.1 Å².